The van der Waals surface area contributed by atoms with E-state index in [1.807, 2.05) is 6.92 Å². The van der Waals surface area contributed by atoms with E-state index in [1.54, 1.807) is 18.2 Å². The summed E-state index contributed by atoms with van der Waals surface area (Å²) in [6, 6.07) is 3.64. The minimum Gasteiger partial charge on any atom is -0.354 e. The Kier molecular flexibility index (Phi) is 6.94. The maximum atomic E-state index is 13.3. The molecule has 1 saturated carbocycles. The number of hydrogen-bond donors (Lipinski definition) is 2. The van der Waals surface area contributed by atoms with E-state index in [1.165, 1.54) is 11.3 Å². The molecule has 1 aromatic rings. The van der Waals surface area contributed by atoms with Crippen LogP contribution in [0, 0.1) is 5.92 Å². The van der Waals surface area contributed by atoms with Crippen LogP contribution in [0.2, 0.25) is 5.02 Å². The van der Waals surface area contributed by atoms with Crippen LogP contribution in [0.4, 0.5) is 5.69 Å². The molecule has 0 spiro atoms. The predicted molar refractivity (Wildman–Crippen MR) is 109 cm³/mol. The molecule has 1 atom stereocenters. The van der Waals surface area contributed by atoms with Crippen molar-refractivity contribution in [3.63, 3.8) is 0 Å². The van der Waals surface area contributed by atoms with Crippen LogP contribution in [0.3, 0.4) is 0 Å². The highest BCUT2D eigenvalue weighted by Crippen LogP contribution is 2.30. The van der Waals surface area contributed by atoms with Crippen LogP contribution in [0.1, 0.15) is 62.2 Å². The summed E-state index contributed by atoms with van der Waals surface area (Å²) in [6.45, 7) is 2.94. The lowest BCUT2D eigenvalue weighted by Gasteiger charge is -2.32. The van der Waals surface area contributed by atoms with E-state index < -0.39 is 17.9 Å². The summed E-state index contributed by atoms with van der Waals surface area (Å²) in [5.74, 6) is -0.898. The first-order valence-corrected chi connectivity index (χ1v) is 10.6. The molecular weight excluding hydrogens is 378 g/mol. The van der Waals surface area contributed by atoms with Crippen LogP contribution < -0.4 is 10.6 Å². The molecule has 28 heavy (non-hydrogen) atoms. The van der Waals surface area contributed by atoms with Crippen LogP contribution in [-0.4, -0.2) is 41.8 Å². The van der Waals surface area contributed by atoms with Gasteiger partial charge in [0.25, 0.3) is 17.7 Å². The number of anilines is 1. The SMILES string of the molecule is CCCCNC(=O)C1C(=O)Nc2cc(Cl)ccc2C(=O)N1CC1CCCCC1. The Labute approximate surface area is 171 Å². The molecule has 6 nitrogen and oxygen atoms in total. The maximum Gasteiger partial charge on any atom is 0.257 e. The zero-order valence-electron chi connectivity index (χ0n) is 16.3. The molecule has 7 heteroatoms. The number of nitrogens with zero attached hydrogens (tertiary/aromatic N) is 1. The van der Waals surface area contributed by atoms with Gasteiger partial charge < -0.3 is 15.5 Å². The zero-order chi connectivity index (χ0) is 20.1. The van der Waals surface area contributed by atoms with Crippen LogP contribution >= 0.6 is 11.6 Å². The van der Waals surface area contributed by atoms with E-state index in [9.17, 15) is 14.4 Å². The van der Waals surface area contributed by atoms with Gasteiger partial charge in [-0.1, -0.05) is 44.2 Å². The number of carbonyl (C=O) groups excluding carboxylic acids is 3. The zero-order valence-corrected chi connectivity index (χ0v) is 17.1. The number of hydrogen-bond acceptors (Lipinski definition) is 3. The summed E-state index contributed by atoms with van der Waals surface area (Å²) < 4.78 is 0. The highest BCUT2D eigenvalue weighted by Gasteiger charge is 2.41. The quantitative estimate of drug-likeness (QED) is 0.560. The van der Waals surface area contributed by atoms with E-state index in [2.05, 4.69) is 10.6 Å². The average molecular weight is 406 g/mol. The predicted octanol–water partition coefficient (Wildman–Crippen LogP) is 3.60. The first kappa shape index (κ1) is 20.6. The van der Waals surface area contributed by atoms with E-state index in [0.29, 0.717) is 35.3 Å². The number of rotatable bonds is 6. The first-order valence-electron chi connectivity index (χ1n) is 10.2. The van der Waals surface area contributed by atoms with Gasteiger partial charge in [0.1, 0.15) is 0 Å². The Hall–Kier alpha value is -2.08. The summed E-state index contributed by atoms with van der Waals surface area (Å²) in [5, 5.41) is 5.98. The molecule has 0 radical (unpaired) electrons. The van der Waals surface area contributed by atoms with Gasteiger partial charge in [-0.05, 0) is 43.4 Å². The summed E-state index contributed by atoms with van der Waals surface area (Å²) in [4.78, 5) is 40.6. The second-order valence-electron chi connectivity index (χ2n) is 7.69. The molecule has 1 aliphatic heterocycles. The lowest BCUT2D eigenvalue weighted by atomic mass is 9.88. The number of benzene rings is 1. The minimum atomic E-state index is -1.17. The van der Waals surface area contributed by atoms with Crippen LogP contribution in [-0.2, 0) is 9.59 Å². The third kappa shape index (κ3) is 4.66. The van der Waals surface area contributed by atoms with E-state index >= 15 is 0 Å². The molecule has 3 amide bonds. The van der Waals surface area contributed by atoms with Crippen LogP contribution in [0.25, 0.3) is 0 Å². The molecule has 1 aliphatic carbocycles. The number of carbonyl (C=O) groups is 3. The largest absolute Gasteiger partial charge is 0.354 e. The molecule has 0 bridgehead atoms. The van der Waals surface area contributed by atoms with Gasteiger partial charge in [0.2, 0.25) is 0 Å². The standard InChI is InChI=1S/C21H28ClN3O3/c1-2-3-11-23-19(26)18-20(27)24-17-12-15(22)9-10-16(17)21(28)25(18)13-14-7-5-4-6-8-14/h9-10,12,14,18H,2-8,11,13H2,1H3,(H,23,26)(H,24,27). The smallest absolute Gasteiger partial charge is 0.257 e. The molecular formula is C21H28ClN3O3. The van der Waals surface area contributed by atoms with Crippen molar-refractivity contribution in [2.75, 3.05) is 18.4 Å². The number of fused-ring (bicyclic) bond motifs is 1. The van der Waals surface area contributed by atoms with E-state index in [4.69, 9.17) is 11.6 Å². The van der Waals surface area contributed by atoms with Gasteiger partial charge >= 0.3 is 0 Å². The molecule has 2 aliphatic rings. The molecule has 1 fully saturated rings. The second kappa shape index (κ2) is 9.41. The van der Waals surface area contributed by atoms with Gasteiger partial charge in [-0.3, -0.25) is 14.4 Å². The molecule has 1 heterocycles. The number of halogens is 1. The van der Waals surface area contributed by atoms with Crippen molar-refractivity contribution in [2.24, 2.45) is 5.92 Å². The summed E-state index contributed by atoms with van der Waals surface area (Å²) in [7, 11) is 0. The Morgan fingerprint density at radius 3 is 2.71 bits per heavy atom. The molecule has 2 N–H and O–H groups in total. The first-order chi connectivity index (χ1) is 13.5. The topological polar surface area (TPSA) is 78.5 Å². The average Bonchev–Trinajstić information content (AvgIpc) is 2.77. The summed E-state index contributed by atoms with van der Waals surface area (Å²) in [6.07, 6.45) is 7.24. The van der Waals surface area contributed by atoms with Gasteiger partial charge in [0.15, 0.2) is 6.04 Å². The van der Waals surface area contributed by atoms with E-state index in [-0.39, 0.29) is 5.91 Å². The van der Waals surface area contributed by atoms with E-state index in [0.717, 1.165) is 38.5 Å². The molecule has 1 unspecified atom stereocenters. The summed E-state index contributed by atoms with van der Waals surface area (Å²) >= 11 is 6.05. The highest BCUT2D eigenvalue weighted by atomic mass is 35.5. The molecule has 3 rings (SSSR count). The lowest BCUT2D eigenvalue weighted by molar-refractivity contribution is -0.133. The number of amides is 3. The lowest BCUT2D eigenvalue weighted by Crippen LogP contribution is -2.55. The van der Waals surface area contributed by atoms with Gasteiger partial charge in [-0.25, -0.2) is 0 Å². The normalized spacial score (nSPS) is 20.4. The van der Waals surface area contributed by atoms with Gasteiger partial charge in [0.05, 0.1) is 11.3 Å². The molecule has 1 aromatic carbocycles. The summed E-state index contributed by atoms with van der Waals surface area (Å²) in [5.41, 5.74) is 0.734. The van der Waals surface area contributed by atoms with Gasteiger partial charge in [-0.2, -0.15) is 0 Å². The van der Waals surface area contributed by atoms with Crippen molar-refractivity contribution in [2.45, 2.75) is 57.9 Å². The van der Waals surface area contributed by atoms with Crippen LogP contribution in [0.15, 0.2) is 18.2 Å². The van der Waals surface area contributed by atoms with Gasteiger partial charge in [0, 0.05) is 18.1 Å². The monoisotopic (exact) mass is 405 g/mol. The Balaban J connectivity index is 1.91. The highest BCUT2D eigenvalue weighted by molar-refractivity contribution is 6.31. The molecule has 0 aromatic heterocycles. The van der Waals surface area contributed by atoms with Crippen molar-refractivity contribution >= 4 is 35.0 Å². The van der Waals surface area contributed by atoms with Gasteiger partial charge in [-0.15, -0.1) is 0 Å². The number of unbranched alkanes of at least 4 members (excludes halogenated alkanes) is 1. The maximum absolute atomic E-state index is 13.3. The Bertz CT molecular complexity index is 746. The number of nitrogens with one attached hydrogen (secondary N) is 2. The van der Waals surface area contributed by atoms with Crippen molar-refractivity contribution in [1.82, 2.24) is 10.2 Å². The van der Waals surface area contributed by atoms with Crippen LogP contribution in [0.5, 0.6) is 0 Å². The molecule has 0 saturated heterocycles. The van der Waals surface area contributed by atoms with Crippen molar-refractivity contribution in [1.29, 1.82) is 0 Å². The third-order valence-corrected chi connectivity index (χ3v) is 5.78. The Morgan fingerprint density at radius 2 is 2.00 bits per heavy atom. The fraction of sp³-hybridized carbons (Fsp3) is 0.571. The third-order valence-electron chi connectivity index (χ3n) is 5.55. The van der Waals surface area contributed by atoms with Crippen molar-refractivity contribution < 1.29 is 14.4 Å². The Morgan fingerprint density at radius 1 is 1.25 bits per heavy atom. The second-order valence-corrected chi connectivity index (χ2v) is 8.12. The molecule has 152 valence electrons. The minimum absolute atomic E-state index is 0.300. The fourth-order valence-electron chi connectivity index (χ4n) is 4.00. The van der Waals surface area contributed by atoms with Crippen molar-refractivity contribution in [3.8, 4) is 0 Å². The van der Waals surface area contributed by atoms with Crippen molar-refractivity contribution in [3.05, 3.63) is 28.8 Å². The fourth-order valence-corrected chi connectivity index (χ4v) is 4.17.